The number of amides is 2. The summed E-state index contributed by atoms with van der Waals surface area (Å²) in [6, 6.07) is 6.21. The van der Waals surface area contributed by atoms with E-state index < -0.39 is 46.1 Å². The van der Waals surface area contributed by atoms with Gasteiger partial charge < -0.3 is 10.2 Å². The van der Waals surface area contributed by atoms with Crippen molar-refractivity contribution in [1.82, 2.24) is 10.2 Å². The van der Waals surface area contributed by atoms with Crippen LogP contribution in [0.5, 0.6) is 0 Å². The minimum absolute atomic E-state index is 0.111. The zero-order chi connectivity index (χ0) is 25.6. The number of benzene rings is 2. The van der Waals surface area contributed by atoms with E-state index in [9.17, 15) is 26.8 Å². The van der Waals surface area contributed by atoms with Crippen molar-refractivity contribution in [3.63, 3.8) is 0 Å². The predicted octanol–water partition coefficient (Wildman–Crippen LogP) is 3.98. The molecule has 1 N–H and O–H groups in total. The summed E-state index contributed by atoms with van der Waals surface area (Å²) < 4.78 is 52.7. The molecule has 7 nitrogen and oxygen atoms in total. The van der Waals surface area contributed by atoms with Crippen molar-refractivity contribution < 1.29 is 26.8 Å². The molecule has 12 heteroatoms. The van der Waals surface area contributed by atoms with Crippen LogP contribution in [0.4, 0.5) is 14.5 Å². The Hall–Kier alpha value is -2.43. The average Bonchev–Trinajstić information content (AvgIpc) is 2.74. The van der Waals surface area contributed by atoms with Gasteiger partial charge in [0.25, 0.3) is 0 Å². The van der Waals surface area contributed by atoms with Crippen molar-refractivity contribution >= 4 is 50.7 Å². The molecule has 1 atom stereocenters. The zero-order valence-corrected chi connectivity index (χ0v) is 21.1. The van der Waals surface area contributed by atoms with Crippen LogP contribution >= 0.6 is 23.2 Å². The first kappa shape index (κ1) is 27.8. The van der Waals surface area contributed by atoms with E-state index in [4.69, 9.17) is 23.2 Å². The normalized spacial score (nSPS) is 12.2. The molecule has 0 saturated heterocycles. The lowest BCUT2D eigenvalue weighted by Gasteiger charge is -2.33. The van der Waals surface area contributed by atoms with Crippen molar-refractivity contribution in [2.24, 2.45) is 0 Å². The summed E-state index contributed by atoms with van der Waals surface area (Å²) in [5.41, 5.74) is 0.256. The SMILES string of the molecule is CCNC(=O)[C@H](CC)N(Cc1ccc(Cl)cc1Cl)C(=O)CN(c1ccc(F)c(F)c1)S(C)(=O)=O. The van der Waals surface area contributed by atoms with Crippen LogP contribution < -0.4 is 9.62 Å². The van der Waals surface area contributed by atoms with Crippen LogP contribution in [0.2, 0.25) is 10.0 Å². The number of carbonyl (C=O) groups excluding carboxylic acids is 2. The third kappa shape index (κ3) is 7.04. The molecule has 0 aromatic heterocycles. The number of hydrogen-bond donors (Lipinski definition) is 1. The lowest BCUT2D eigenvalue weighted by molar-refractivity contribution is -0.140. The summed E-state index contributed by atoms with van der Waals surface area (Å²) in [4.78, 5) is 27.3. The molecule has 0 heterocycles. The summed E-state index contributed by atoms with van der Waals surface area (Å²) >= 11 is 12.2. The van der Waals surface area contributed by atoms with Gasteiger partial charge in [0.15, 0.2) is 11.6 Å². The largest absolute Gasteiger partial charge is 0.355 e. The second-order valence-electron chi connectivity index (χ2n) is 7.44. The molecule has 0 aliphatic carbocycles. The molecule has 0 saturated carbocycles. The quantitative estimate of drug-likeness (QED) is 0.498. The highest BCUT2D eigenvalue weighted by Gasteiger charge is 2.32. The zero-order valence-electron chi connectivity index (χ0n) is 18.8. The van der Waals surface area contributed by atoms with Crippen molar-refractivity contribution in [2.75, 3.05) is 23.7 Å². The van der Waals surface area contributed by atoms with Crippen LogP contribution in [0.15, 0.2) is 36.4 Å². The summed E-state index contributed by atoms with van der Waals surface area (Å²) in [6.45, 7) is 2.89. The van der Waals surface area contributed by atoms with Gasteiger partial charge in [0, 0.05) is 29.2 Å². The van der Waals surface area contributed by atoms with Gasteiger partial charge in [0.05, 0.1) is 11.9 Å². The maximum atomic E-state index is 13.8. The number of likely N-dealkylation sites (N-methyl/N-ethyl adjacent to an activating group) is 1. The van der Waals surface area contributed by atoms with Crippen molar-refractivity contribution in [3.8, 4) is 0 Å². The molecule has 0 fully saturated rings. The Morgan fingerprint density at radius 1 is 1.06 bits per heavy atom. The highest BCUT2D eigenvalue weighted by molar-refractivity contribution is 7.92. The summed E-state index contributed by atoms with van der Waals surface area (Å²) in [6.07, 6.45) is 1.07. The fourth-order valence-corrected chi connectivity index (χ4v) is 4.61. The molecular weight excluding hydrogens is 511 g/mol. The van der Waals surface area contributed by atoms with Crippen molar-refractivity contribution in [2.45, 2.75) is 32.9 Å². The maximum absolute atomic E-state index is 13.8. The van der Waals surface area contributed by atoms with E-state index in [0.29, 0.717) is 27.5 Å². The van der Waals surface area contributed by atoms with Crippen molar-refractivity contribution in [1.29, 1.82) is 0 Å². The molecule has 186 valence electrons. The van der Waals surface area contributed by atoms with Gasteiger partial charge in [-0.3, -0.25) is 13.9 Å². The van der Waals surface area contributed by atoms with Gasteiger partial charge in [-0.25, -0.2) is 17.2 Å². The van der Waals surface area contributed by atoms with E-state index in [1.807, 2.05) is 0 Å². The first-order chi connectivity index (χ1) is 15.9. The summed E-state index contributed by atoms with van der Waals surface area (Å²) in [5, 5.41) is 3.30. The number of halogens is 4. The van der Waals surface area contributed by atoms with Gasteiger partial charge in [0.1, 0.15) is 12.6 Å². The first-order valence-corrected chi connectivity index (χ1v) is 12.9. The van der Waals surface area contributed by atoms with Gasteiger partial charge in [-0.15, -0.1) is 0 Å². The van der Waals surface area contributed by atoms with E-state index in [2.05, 4.69) is 5.32 Å². The van der Waals surface area contributed by atoms with Crippen LogP contribution in [0.25, 0.3) is 0 Å². The Balaban J connectivity index is 2.48. The predicted molar refractivity (Wildman–Crippen MR) is 128 cm³/mol. The van der Waals surface area contributed by atoms with Gasteiger partial charge in [-0.1, -0.05) is 36.2 Å². The number of sulfonamides is 1. The molecule has 0 bridgehead atoms. The third-order valence-electron chi connectivity index (χ3n) is 4.96. The van der Waals surface area contributed by atoms with Crippen LogP contribution in [0.3, 0.4) is 0 Å². The Morgan fingerprint density at radius 3 is 2.26 bits per heavy atom. The molecule has 2 amide bonds. The van der Waals surface area contributed by atoms with E-state index >= 15 is 0 Å². The van der Waals surface area contributed by atoms with E-state index in [1.54, 1.807) is 26.0 Å². The molecule has 34 heavy (non-hydrogen) atoms. The minimum atomic E-state index is -4.07. The number of nitrogens with zero attached hydrogens (tertiary/aromatic N) is 2. The highest BCUT2D eigenvalue weighted by atomic mass is 35.5. The Kier molecular flexibility index (Phi) is 9.66. The Bertz CT molecular complexity index is 1160. The van der Waals surface area contributed by atoms with Crippen LogP contribution in [0, 0.1) is 11.6 Å². The number of anilines is 1. The molecule has 0 aliphatic heterocycles. The number of hydrogen-bond acceptors (Lipinski definition) is 4. The second-order valence-corrected chi connectivity index (χ2v) is 10.2. The average molecular weight is 536 g/mol. The van der Waals surface area contributed by atoms with Crippen LogP contribution in [-0.2, 0) is 26.2 Å². The minimum Gasteiger partial charge on any atom is -0.355 e. The Labute approximate surface area is 207 Å². The molecule has 0 radical (unpaired) electrons. The number of nitrogens with one attached hydrogen (secondary N) is 1. The van der Waals surface area contributed by atoms with E-state index in [1.165, 1.54) is 11.0 Å². The van der Waals surface area contributed by atoms with E-state index in [0.717, 1.165) is 18.4 Å². The molecular formula is C22H25Cl2F2N3O4S. The fourth-order valence-electron chi connectivity index (χ4n) is 3.30. The Morgan fingerprint density at radius 2 is 1.74 bits per heavy atom. The highest BCUT2D eigenvalue weighted by Crippen LogP contribution is 2.25. The topological polar surface area (TPSA) is 86.8 Å². The van der Waals surface area contributed by atoms with Crippen LogP contribution in [0.1, 0.15) is 25.8 Å². The van der Waals surface area contributed by atoms with Gasteiger partial charge in [-0.05, 0) is 43.2 Å². The molecule has 2 aromatic carbocycles. The maximum Gasteiger partial charge on any atom is 0.244 e. The first-order valence-electron chi connectivity index (χ1n) is 10.3. The van der Waals surface area contributed by atoms with Gasteiger partial charge in [-0.2, -0.15) is 0 Å². The van der Waals surface area contributed by atoms with E-state index in [-0.39, 0.29) is 23.7 Å². The number of carbonyl (C=O) groups is 2. The molecule has 2 rings (SSSR count). The van der Waals surface area contributed by atoms with Crippen LogP contribution in [-0.4, -0.2) is 50.5 Å². The smallest absolute Gasteiger partial charge is 0.244 e. The summed E-state index contributed by atoms with van der Waals surface area (Å²) in [7, 11) is -4.07. The monoisotopic (exact) mass is 535 g/mol. The molecule has 0 aliphatic rings. The second kappa shape index (κ2) is 11.8. The fraction of sp³-hybridized carbons (Fsp3) is 0.364. The number of rotatable bonds is 10. The molecule has 0 spiro atoms. The van der Waals surface area contributed by atoms with Gasteiger partial charge in [0.2, 0.25) is 21.8 Å². The summed E-state index contributed by atoms with van der Waals surface area (Å²) in [5.74, 6) is -3.59. The van der Waals surface area contributed by atoms with Gasteiger partial charge >= 0.3 is 0 Å². The van der Waals surface area contributed by atoms with Crippen molar-refractivity contribution in [3.05, 3.63) is 63.6 Å². The standard InChI is InChI=1S/C22H25Cl2F2N3O4S/c1-4-20(22(31)27-5-2)28(12-14-6-7-15(23)10-17(14)24)21(30)13-29(34(3,32)33)16-8-9-18(25)19(26)11-16/h6-11,20H,4-5,12-13H2,1-3H3,(H,27,31)/t20-/m0/s1. The molecule has 0 unspecified atom stereocenters. The third-order valence-corrected chi connectivity index (χ3v) is 6.69. The molecule has 2 aromatic rings. The lowest BCUT2D eigenvalue weighted by atomic mass is 10.1. The lowest BCUT2D eigenvalue weighted by Crippen LogP contribution is -2.52.